The lowest BCUT2D eigenvalue weighted by Gasteiger charge is -2.12. The molecule has 21 heavy (non-hydrogen) atoms. The molecule has 0 atom stereocenters. The Morgan fingerprint density at radius 3 is 2.71 bits per heavy atom. The van der Waals surface area contributed by atoms with Crippen LogP contribution in [-0.4, -0.2) is 11.6 Å². The third kappa shape index (κ3) is 2.75. The second-order valence-corrected chi connectivity index (χ2v) is 6.27. The number of amides is 1. The molecule has 0 fully saturated rings. The maximum Gasteiger partial charge on any atom is 0.280 e. The molecule has 0 aliphatic carbocycles. The highest BCUT2D eigenvalue weighted by Crippen LogP contribution is 2.31. The smallest absolute Gasteiger partial charge is 0.267 e. The van der Waals surface area contributed by atoms with E-state index >= 15 is 0 Å². The summed E-state index contributed by atoms with van der Waals surface area (Å²) in [6.07, 6.45) is 1.85. The first-order valence-electron chi connectivity index (χ1n) is 6.16. The van der Waals surface area contributed by atoms with E-state index in [1.807, 2.05) is 30.5 Å². The van der Waals surface area contributed by atoms with Crippen LogP contribution in [0.4, 0.5) is 5.69 Å². The molecular formula is C15H10Cl2N2OS. The molecule has 3 nitrogen and oxygen atoms in total. The molecule has 0 unspecified atom stereocenters. The number of carbonyl (C=O) groups excluding carboxylic acids is 1. The largest absolute Gasteiger partial charge is 0.280 e. The van der Waals surface area contributed by atoms with Gasteiger partial charge in [0.1, 0.15) is 0 Å². The lowest BCUT2D eigenvalue weighted by Crippen LogP contribution is -2.21. The highest BCUT2D eigenvalue weighted by Gasteiger charge is 2.29. The molecule has 2 heterocycles. The zero-order chi connectivity index (χ0) is 15.0. The molecule has 0 saturated carbocycles. The van der Waals surface area contributed by atoms with E-state index in [2.05, 4.69) is 5.10 Å². The van der Waals surface area contributed by atoms with Gasteiger partial charge in [0.2, 0.25) is 0 Å². The number of carbonyl (C=O) groups is 1. The minimum Gasteiger partial charge on any atom is -0.267 e. The van der Waals surface area contributed by atoms with Crippen LogP contribution in [0, 0.1) is 0 Å². The summed E-state index contributed by atoms with van der Waals surface area (Å²) in [7, 11) is 0. The van der Waals surface area contributed by atoms with Crippen molar-refractivity contribution in [3.8, 4) is 0 Å². The maximum absolute atomic E-state index is 12.5. The fourth-order valence-corrected chi connectivity index (χ4v) is 2.94. The van der Waals surface area contributed by atoms with Crippen LogP contribution in [0.15, 0.2) is 46.4 Å². The van der Waals surface area contributed by atoms with E-state index in [4.69, 9.17) is 23.2 Å². The Labute approximate surface area is 136 Å². The van der Waals surface area contributed by atoms with Crippen LogP contribution >= 0.6 is 34.5 Å². The summed E-state index contributed by atoms with van der Waals surface area (Å²) in [5.41, 5.74) is 1.87. The van der Waals surface area contributed by atoms with E-state index in [0.29, 0.717) is 27.0 Å². The normalized spacial score (nSPS) is 16.7. The molecule has 0 radical (unpaired) electrons. The fraction of sp³-hybridized carbons (Fsp3) is 0.0667. The van der Waals surface area contributed by atoms with Gasteiger partial charge in [-0.1, -0.05) is 29.3 Å². The van der Waals surface area contributed by atoms with E-state index in [1.165, 1.54) is 5.01 Å². The molecule has 0 N–H and O–H groups in total. The third-order valence-electron chi connectivity index (χ3n) is 3.04. The number of hydrogen-bond donors (Lipinski definition) is 0. The SMILES string of the molecule is CC1=NN(c2ccc(Cl)c(Cl)c2)C(=O)/C1=C/c1cccs1. The topological polar surface area (TPSA) is 32.7 Å². The van der Waals surface area contributed by atoms with Crippen LogP contribution < -0.4 is 5.01 Å². The molecule has 3 rings (SSSR count). The molecule has 1 aromatic carbocycles. The van der Waals surface area contributed by atoms with Crippen molar-refractivity contribution >= 4 is 57.9 Å². The number of nitrogens with zero attached hydrogens (tertiary/aromatic N) is 2. The molecule has 6 heteroatoms. The van der Waals surface area contributed by atoms with E-state index < -0.39 is 0 Å². The maximum atomic E-state index is 12.5. The molecule has 1 aliphatic heterocycles. The van der Waals surface area contributed by atoms with Gasteiger partial charge in [0, 0.05) is 4.88 Å². The van der Waals surface area contributed by atoms with Gasteiger partial charge in [0.05, 0.1) is 27.0 Å². The van der Waals surface area contributed by atoms with Gasteiger partial charge < -0.3 is 0 Å². The number of anilines is 1. The van der Waals surface area contributed by atoms with Gasteiger partial charge in [-0.3, -0.25) is 4.79 Å². The summed E-state index contributed by atoms with van der Waals surface area (Å²) in [6.45, 7) is 1.81. The predicted octanol–water partition coefficient (Wildman–Crippen LogP) is 4.86. The molecule has 2 aromatic rings. The molecular weight excluding hydrogens is 327 g/mol. The van der Waals surface area contributed by atoms with Gasteiger partial charge in [-0.2, -0.15) is 10.1 Å². The van der Waals surface area contributed by atoms with Gasteiger partial charge >= 0.3 is 0 Å². The summed E-state index contributed by atoms with van der Waals surface area (Å²) in [4.78, 5) is 13.5. The fourth-order valence-electron chi connectivity index (χ4n) is 1.99. The van der Waals surface area contributed by atoms with Crippen LogP contribution in [0.3, 0.4) is 0 Å². The van der Waals surface area contributed by atoms with E-state index in [1.54, 1.807) is 29.5 Å². The van der Waals surface area contributed by atoms with Crippen molar-refractivity contribution in [2.24, 2.45) is 5.10 Å². The van der Waals surface area contributed by atoms with E-state index in [-0.39, 0.29) is 5.91 Å². The summed E-state index contributed by atoms with van der Waals surface area (Å²) in [5, 5.41) is 8.46. The number of halogens is 2. The second-order valence-electron chi connectivity index (χ2n) is 4.47. The zero-order valence-corrected chi connectivity index (χ0v) is 13.3. The van der Waals surface area contributed by atoms with Crippen LogP contribution in [0.25, 0.3) is 6.08 Å². The first-order chi connectivity index (χ1) is 10.1. The number of rotatable bonds is 2. The Bertz CT molecular complexity index is 766. The zero-order valence-electron chi connectivity index (χ0n) is 11.0. The quantitative estimate of drug-likeness (QED) is 0.720. The average Bonchev–Trinajstić information content (AvgIpc) is 3.06. The van der Waals surface area contributed by atoms with Crippen molar-refractivity contribution in [1.82, 2.24) is 0 Å². The number of benzene rings is 1. The number of thiophene rings is 1. The molecule has 0 bridgehead atoms. The van der Waals surface area contributed by atoms with Crippen molar-refractivity contribution < 1.29 is 4.79 Å². The Hall–Kier alpha value is -1.62. The predicted molar refractivity (Wildman–Crippen MR) is 89.4 cm³/mol. The van der Waals surface area contributed by atoms with Gasteiger partial charge in [-0.25, -0.2) is 0 Å². The molecule has 0 saturated heterocycles. The second kappa shape index (κ2) is 5.64. The molecule has 1 aliphatic rings. The monoisotopic (exact) mass is 336 g/mol. The summed E-state index contributed by atoms with van der Waals surface area (Å²) in [5.74, 6) is -0.167. The van der Waals surface area contributed by atoms with Crippen molar-refractivity contribution in [2.45, 2.75) is 6.92 Å². The van der Waals surface area contributed by atoms with Crippen LogP contribution in [0.2, 0.25) is 10.0 Å². The van der Waals surface area contributed by atoms with Crippen molar-refractivity contribution in [2.75, 3.05) is 5.01 Å². The Kier molecular flexibility index (Phi) is 3.85. The highest BCUT2D eigenvalue weighted by atomic mass is 35.5. The summed E-state index contributed by atoms with van der Waals surface area (Å²) < 4.78 is 0. The first-order valence-corrected chi connectivity index (χ1v) is 7.80. The molecule has 0 spiro atoms. The van der Waals surface area contributed by atoms with Crippen molar-refractivity contribution in [1.29, 1.82) is 0 Å². The van der Waals surface area contributed by atoms with Gasteiger partial charge in [-0.15, -0.1) is 11.3 Å². The van der Waals surface area contributed by atoms with E-state index in [0.717, 1.165) is 4.88 Å². The Morgan fingerprint density at radius 1 is 1.24 bits per heavy atom. The minimum absolute atomic E-state index is 0.167. The molecule has 1 aromatic heterocycles. The Morgan fingerprint density at radius 2 is 2.05 bits per heavy atom. The van der Waals surface area contributed by atoms with E-state index in [9.17, 15) is 4.79 Å². The van der Waals surface area contributed by atoms with Crippen LogP contribution in [0.5, 0.6) is 0 Å². The lowest BCUT2D eigenvalue weighted by molar-refractivity contribution is -0.114. The van der Waals surface area contributed by atoms with Crippen molar-refractivity contribution in [3.63, 3.8) is 0 Å². The van der Waals surface area contributed by atoms with Gasteiger partial charge in [0.15, 0.2) is 0 Å². The van der Waals surface area contributed by atoms with Crippen molar-refractivity contribution in [3.05, 3.63) is 56.2 Å². The summed E-state index contributed by atoms with van der Waals surface area (Å²) >= 11 is 13.5. The van der Waals surface area contributed by atoms with Gasteiger partial charge in [0.25, 0.3) is 5.91 Å². The first kappa shape index (κ1) is 14.3. The Balaban J connectivity index is 1.97. The van der Waals surface area contributed by atoms with Crippen LogP contribution in [0.1, 0.15) is 11.8 Å². The number of hydrazone groups is 1. The standard InChI is InChI=1S/C15H10Cl2N2OS/c1-9-12(8-11-3-2-6-21-11)15(20)19(18-9)10-4-5-13(16)14(17)7-10/h2-8H,1H3/b12-8+. The minimum atomic E-state index is -0.167. The number of hydrogen-bond acceptors (Lipinski definition) is 3. The summed E-state index contributed by atoms with van der Waals surface area (Å²) in [6, 6.07) is 8.90. The molecule has 106 valence electrons. The van der Waals surface area contributed by atoms with Crippen LogP contribution in [-0.2, 0) is 4.79 Å². The third-order valence-corrected chi connectivity index (χ3v) is 4.60. The van der Waals surface area contributed by atoms with Gasteiger partial charge in [-0.05, 0) is 42.6 Å². The average molecular weight is 337 g/mol. The molecule has 1 amide bonds. The lowest BCUT2D eigenvalue weighted by atomic mass is 10.1. The highest BCUT2D eigenvalue weighted by molar-refractivity contribution is 7.10.